The molecule has 0 fully saturated rings. The molecule has 2 heterocycles. The van der Waals surface area contributed by atoms with Gasteiger partial charge in [0.15, 0.2) is 0 Å². The third-order valence-corrected chi connectivity index (χ3v) is 3.48. The molecule has 0 bridgehead atoms. The van der Waals surface area contributed by atoms with Gasteiger partial charge in [-0.05, 0) is 30.7 Å². The van der Waals surface area contributed by atoms with Gasteiger partial charge in [-0.25, -0.2) is 0 Å². The Morgan fingerprint density at radius 1 is 1.30 bits per heavy atom. The first-order valence-electron chi connectivity index (χ1n) is 6.77. The van der Waals surface area contributed by atoms with Gasteiger partial charge < -0.3 is 10.6 Å². The molecule has 0 aliphatic carbocycles. The van der Waals surface area contributed by atoms with Crippen molar-refractivity contribution in [1.29, 1.82) is 0 Å². The van der Waals surface area contributed by atoms with Crippen molar-refractivity contribution in [1.82, 2.24) is 10.3 Å². The second kappa shape index (κ2) is 5.33. The molecule has 1 aromatic carbocycles. The van der Waals surface area contributed by atoms with Crippen LogP contribution in [0.2, 0.25) is 0 Å². The summed E-state index contributed by atoms with van der Waals surface area (Å²) in [5.74, 6) is 0.0181. The van der Waals surface area contributed by atoms with Gasteiger partial charge in [-0.15, -0.1) is 0 Å². The van der Waals surface area contributed by atoms with Crippen molar-refractivity contribution in [3.8, 4) is 0 Å². The van der Waals surface area contributed by atoms with Crippen LogP contribution in [0.3, 0.4) is 0 Å². The highest BCUT2D eigenvalue weighted by Gasteiger charge is 2.25. The standard InChI is InChI=1S/C16H17N3O/c1-11-5-4-7-13(18-11)10-17-16(20)15-9-12-6-2-3-8-14(12)19-15/h2-8,15,19H,9-10H2,1H3,(H,17,20)/t15-/m0/s1. The second-order valence-corrected chi connectivity index (χ2v) is 5.05. The molecule has 1 amide bonds. The average molecular weight is 267 g/mol. The Hall–Kier alpha value is -2.36. The highest BCUT2D eigenvalue weighted by atomic mass is 16.2. The molecule has 1 aliphatic heterocycles. The van der Waals surface area contributed by atoms with E-state index in [-0.39, 0.29) is 11.9 Å². The summed E-state index contributed by atoms with van der Waals surface area (Å²) in [4.78, 5) is 16.5. The zero-order valence-corrected chi connectivity index (χ0v) is 11.4. The molecule has 102 valence electrons. The van der Waals surface area contributed by atoms with Gasteiger partial charge in [0.05, 0.1) is 12.2 Å². The van der Waals surface area contributed by atoms with Crippen LogP contribution in [-0.2, 0) is 17.8 Å². The summed E-state index contributed by atoms with van der Waals surface area (Å²) >= 11 is 0. The Balaban J connectivity index is 1.59. The van der Waals surface area contributed by atoms with E-state index in [0.29, 0.717) is 6.54 Å². The maximum atomic E-state index is 12.2. The van der Waals surface area contributed by atoms with E-state index in [1.165, 1.54) is 5.56 Å². The number of anilines is 1. The number of benzene rings is 1. The number of hydrogen-bond donors (Lipinski definition) is 2. The van der Waals surface area contributed by atoms with E-state index in [1.807, 2.05) is 43.3 Å². The largest absolute Gasteiger partial charge is 0.373 e. The molecule has 1 aliphatic rings. The minimum Gasteiger partial charge on any atom is -0.373 e. The summed E-state index contributed by atoms with van der Waals surface area (Å²) in [6, 6.07) is 13.7. The molecular weight excluding hydrogens is 250 g/mol. The Labute approximate surface area is 118 Å². The normalized spacial score (nSPS) is 16.4. The van der Waals surface area contributed by atoms with E-state index >= 15 is 0 Å². The Morgan fingerprint density at radius 2 is 2.15 bits per heavy atom. The number of carbonyl (C=O) groups is 1. The fourth-order valence-corrected chi connectivity index (χ4v) is 2.45. The van der Waals surface area contributed by atoms with Crippen molar-refractivity contribution >= 4 is 11.6 Å². The molecule has 1 aromatic heterocycles. The predicted octanol–water partition coefficient (Wildman–Crippen LogP) is 2.04. The quantitative estimate of drug-likeness (QED) is 0.895. The average Bonchev–Trinajstić information content (AvgIpc) is 2.89. The lowest BCUT2D eigenvalue weighted by molar-refractivity contribution is -0.121. The van der Waals surface area contributed by atoms with E-state index in [1.54, 1.807) is 0 Å². The summed E-state index contributed by atoms with van der Waals surface area (Å²) in [6.07, 6.45) is 0.739. The van der Waals surface area contributed by atoms with E-state index < -0.39 is 0 Å². The van der Waals surface area contributed by atoms with Crippen LogP contribution in [0.25, 0.3) is 0 Å². The highest BCUT2D eigenvalue weighted by Crippen LogP contribution is 2.25. The molecule has 20 heavy (non-hydrogen) atoms. The third-order valence-electron chi connectivity index (χ3n) is 3.48. The van der Waals surface area contributed by atoms with Gasteiger partial charge in [0, 0.05) is 17.8 Å². The summed E-state index contributed by atoms with van der Waals surface area (Å²) in [6.45, 7) is 2.41. The van der Waals surface area contributed by atoms with Gasteiger partial charge in [0.25, 0.3) is 0 Å². The zero-order chi connectivity index (χ0) is 13.9. The Kier molecular flexibility index (Phi) is 3.37. The lowest BCUT2D eigenvalue weighted by atomic mass is 10.1. The molecule has 1 atom stereocenters. The van der Waals surface area contributed by atoms with Crippen molar-refractivity contribution in [2.75, 3.05) is 5.32 Å². The number of carbonyl (C=O) groups excluding carboxylic acids is 1. The molecule has 0 saturated heterocycles. The summed E-state index contributed by atoms with van der Waals surface area (Å²) in [7, 11) is 0. The molecule has 3 rings (SSSR count). The molecule has 4 heteroatoms. The van der Waals surface area contributed by atoms with Crippen molar-refractivity contribution < 1.29 is 4.79 Å². The minimum atomic E-state index is -0.183. The molecule has 4 nitrogen and oxygen atoms in total. The van der Waals surface area contributed by atoms with Gasteiger partial charge >= 0.3 is 0 Å². The smallest absolute Gasteiger partial charge is 0.243 e. The van der Waals surface area contributed by atoms with Crippen LogP contribution in [0, 0.1) is 6.92 Å². The van der Waals surface area contributed by atoms with Crippen LogP contribution in [0.1, 0.15) is 17.0 Å². The lowest BCUT2D eigenvalue weighted by Crippen LogP contribution is -2.38. The molecule has 0 radical (unpaired) electrons. The first-order valence-corrected chi connectivity index (χ1v) is 6.77. The van der Waals surface area contributed by atoms with Crippen LogP contribution in [0.5, 0.6) is 0 Å². The van der Waals surface area contributed by atoms with Gasteiger partial charge in [0.1, 0.15) is 6.04 Å². The predicted molar refractivity (Wildman–Crippen MR) is 78.4 cm³/mol. The SMILES string of the molecule is Cc1cccc(CNC(=O)[C@@H]2Cc3ccccc3N2)n1. The number of para-hydroxylation sites is 1. The van der Waals surface area contributed by atoms with Crippen molar-refractivity contribution in [3.63, 3.8) is 0 Å². The molecule has 2 aromatic rings. The summed E-state index contributed by atoms with van der Waals surface area (Å²) in [5.41, 5.74) is 4.10. The molecular formula is C16H17N3O. The molecule has 0 unspecified atom stereocenters. The maximum Gasteiger partial charge on any atom is 0.243 e. The number of amides is 1. The van der Waals surface area contributed by atoms with Gasteiger partial charge in [0.2, 0.25) is 5.91 Å². The van der Waals surface area contributed by atoms with Crippen LogP contribution in [0.15, 0.2) is 42.5 Å². The van der Waals surface area contributed by atoms with Crippen molar-refractivity contribution in [3.05, 3.63) is 59.4 Å². The fraction of sp³-hybridized carbons (Fsp3) is 0.250. The second-order valence-electron chi connectivity index (χ2n) is 5.05. The number of nitrogens with one attached hydrogen (secondary N) is 2. The van der Waals surface area contributed by atoms with Gasteiger partial charge in [-0.2, -0.15) is 0 Å². The number of aromatic nitrogens is 1. The van der Waals surface area contributed by atoms with Crippen LogP contribution in [-0.4, -0.2) is 16.9 Å². The summed E-state index contributed by atoms with van der Waals surface area (Å²) < 4.78 is 0. The third kappa shape index (κ3) is 2.64. The van der Waals surface area contributed by atoms with Gasteiger partial charge in [-0.3, -0.25) is 9.78 Å². The number of hydrogen-bond acceptors (Lipinski definition) is 3. The highest BCUT2D eigenvalue weighted by molar-refractivity contribution is 5.87. The first kappa shape index (κ1) is 12.7. The molecule has 0 saturated carbocycles. The number of pyridine rings is 1. The first-order chi connectivity index (χ1) is 9.72. The van der Waals surface area contributed by atoms with E-state index in [9.17, 15) is 4.79 Å². The van der Waals surface area contributed by atoms with Crippen LogP contribution < -0.4 is 10.6 Å². The van der Waals surface area contributed by atoms with Crippen molar-refractivity contribution in [2.24, 2.45) is 0 Å². The maximum absolute atomic E-state index is 12.2. The van der Waals surface area contributed by atoms with Crippen LogP contribution >= 0.6 is 0 Å². The van der Waals surface area contributed by atoms with Gasteiger partial charge in [-0.1, -0.05) is 24.3 Å². The number of nitrogens with zero attached hydrogens (tertiary/aromatic N) is 1. The number of aryl methyl sites for hydroxylation is 1. The number of rotatable bonds is 3. The van der Waals surface area contributed by atoms with E-state index in [4.69, 9.17) is 0 Å². The summed E-state index contributed by atoms with van der Waals surface area (Å²) in [5, 5.41) is 6.19. The zero-order valence-electron chi connectivity index (χ0n) is 11.4. The fourth-order valence-electron chi connectivity index (χ4n) is 2.45. The minimum absolute atomic E-state index is 0.0181. The monoisotopic (exact) mass is 267 g/mol. The lowest BCUT2D eigenvalue weighted by Gasteiger charge is -2.11. The number of fused-ring (bicyclic) bond motifs is 1. The van der Waals surface area contributed by atoms with Crippen LogP contribution in [0.4, 0.5) is 5.69 Å². The van der Waals surface area contributed by atoms with E-state index in [2.05, 4.69) is 21.7 Å². The molecule has 0 spiro atoms. The Bertz CT molecular complexity index is 614. The van der Waals surface area contributed by atoms with Crippen molar-refractivity contribution in [2.45, 2.75) is 25.9 Å². The molecule has 2 N–H and O–H groups in total. The topological polar surface area (TPSA) is 54.0 Å². The van der Waals surface area contributed by atoms with E-state index in [0.717, 1.165) is 23.5 Å². The Morgan fingerprint density at radius 3 is 2.95 bits per heavy atom.